The van der Waals surface area contributed by atoms with Gasteiger partial charge in [0.05, 0.1) is 25.2 Å². The summed E-state index contributed by atoms with van der Waals surface area (Å²) in [6.07, 6.45) is 2.50. The van der Waals surface area contributed by atoms with Crippen LogP contribution in [0.4, 0.5) is 0 Å². The predicted octanol–water partition coefficient (Wildman–Crippen LogP) is 2.36. The Morgan fingerprint density at radius 3 is 2.45 bits per heavy atom. The van der Waals surface area contributed by atoms with Crippen LogP contribution < -0.4 is 0 Å². The van der Waals surface area contributed by atoms with Gasteiger partial charge in [-0.15, -0.1) is 12.4 Å². The van der Waals surface area contributed by atoms with Crippen LogP contribution in [0.2, 0.25) is 0 Å². The fraction of sp³-hybridized carbons (Fsp3) is 0.529. The average molecular weight is 324 g/mol. The Kier molecular flexibility index (Phi) is 6.12. The number of morpholine rings is 1. The third-order valence-corrected chi connectivity index (χ3v) is 4.50. The molecule has 0 amide bonds. The summed E-state index contributed by atoms with van der Waals surface area (Å²) in [6.45, 7) is 2.95. The minimum Gasteiger partial charge on any atom is -0.379 e. The topological polar surface area (TPSA) is 46.6 Å². The summed E-state index contributed by atoms with van der Waals surface area (Å²) in [5.74, 6) is -0.371. The van der Waals surface area contributed by atoms with E-state index in [2.05, 4.69) is 4.90 Å². The van der Waals surface area contributed by atoms with E-state index in [1.165, 1.54) is 0 Å². The van der Waals surface area contributed by atoms with E-state index in [9.17, 15) is 9.59 Å². The first-order valence-corrected chi connectivity index (χ1v) is 7.72. The van der Waals surface area contributed by atoms with Crippen LogP contribution in [0.3, 0.4) is 0 Å². The number of hydrogen-bond acceptors (Lipinski definition) is 4. The highest BCUT2D eigenvalue weighted by atomic mass is 35.5. The average Bonchev–Trinajstić information content (AvgIpc) is 2.56. The number of nitrogens with zero attached hydrogens (tertiary/aromatic N) is 1. The van der Waals surface area contributed by atoms with Crippen molar-refractivity contribution in [3.8, 4) is 0 Å². The molecule has 22 heavy (non-hydrogen) atoms. The lowest BCUT2D eigenvalue weighted by Gasteiger charge is -2.37. The maximum atomic E-state index is 12.7. The molecule has 2 atom stereocenters. The van der Waals surface area contributed by atoms with E-state index in [0.29, 0.717) is 25.2 Å². The number of rotatable bonds is 3. The minimum absolute atomic E-state index is 0. The molecule has 1 aliphatic heterocycles. The Bertz CT molecular complexity index is 514. The Labute approximate surface area is 137 Å². The molecule has 0 radical (unpaired) electrons. The summed E-state index contributed by atoms with van der Waals surface area (Å²) < 4.78 is 5.35. The molecule has 2 aliphatic rings. The highest BCUT2D eigenvalue weighted by Crippen LogP contribution is 2.28. The summed E-state index contributed by atoms with van der Waals surface area (Å²) in [4.78, 5) is 27.5. The number of carbonyl (C=O) groups excluding carboxylic acids is 2. The van der Waals surface area contributed by atoms with Crippen molar-refractivity contribution in [3.05, 3.63) is 35.9 Å². The Hall–Kier alpha value is -1.23. The second-order valence-corrected chi connectivity index (χ2v) is 5.78. The standard InChI is InChI=1S/C17H21NO3.ClH/c19-16(13-5-2-1-3-6-13)14-7-4-8-15(17(14)20)18-9-11-21-12-10-18;/h1-3,5-6,14-15H,4,7-12H2;1H. The van der Waals surface area contributed by atoms with Crippen molar-refractivity contribution >= 4 is 24.0 Å². The van der Waals surface area contributed by atoms with Crippen molar-refractivity contribution < 1.29 is 14.3 Å². The quantitative estimate of drug-likeness (QED) is 0.633. The van der Waals surface area contributed by atoms with Gasteiger partial charge in [0.15, 0.2) is 11.6 Å². The second-order valence-electron chi connectivity index (χ2n) is 5.78. The van der Waals surface area contributed by atoms with E-state index in [0.717, 1.165) is 25.9 Å². The molecule has 1 aliphatic carbocycles. The lowest BCUT2D eigenvalue weighted by molar-refractivity contribution is -0.131. The van der Waals surface area contributed by atoms with Gasteiger partial charge in [-0.1, -0.05) is 36.8 Å². The molecule has 1 saturated heterocycles. The summed E-state index contributed by atoms with van der Waals surface area (Å²) in [5, 5.41) is 0. The molecule has 1 saturated carbocycles. The summed E-state index contributed by atoms with van der Waals surface area (Å²) in [6, 6.07) is 9.08. The normalized spacial score (nSPS) is 26.3. The molecule has 0 aromatic heterocycles. The molecule has 5 heteroatoms. The maximum absolute atomic E-state index is 12.7. The largest absolute Gasteiger partial charge is 0.379 e. The molecular formula is C17H22ClNO3. The van der Waals surface area contributed by atoms with Gasteiger partial charge in [0.1, 0.15) is 0 Å². The Balaban J connectivity index is 0.00000176. The third kappa shape index (κ3) is 3.57. The van der Waals surface area contributed by atoms with E-state index >= 15 is 0 Å². The Morgan fingerprint density at radius 1 is 1.09 bits per heavy atom. The zero-order valence-electron chi connectivity index (χ0n) is 12.6. The maximum Gasteiger partial charge on any atom is 0.173 e. The fourth-order valence-corrected chi connectivity index (χ4v) is 3.35. The van der Waals surface area contributed by atoms with Crippen molar-refractivity contribution in [2.45, 2.75) is 25.3 Å². The first-order chi connectivity index (χ1) is 10.3. The van der Waals surface area contributed by atoms with Gasteiger partial charge in [0.2, 0.25) is 0 Å². The van der Waals surface area contributed by atoms with Crippen molar-refractivity contribution in [2.24, 2.45) is 5.92 Å². The first-order valence-electron chi connectivity index (χ1n) is 7.72. The monoisotopic (exact) mass is 323 g/mol. The van der Waals surface area contributed by atoms with Gasteiger partial charge in [-0.2, -0.15) is 0 Å². The molecular weight excluding hydrogens is 302 g/mol. The van der Waals surface area contributed by atoms with E-state index in [-0.39, 0.29) is 30.0 Å². The van der Waals surface area contributed by atoms with Gasteiger partial charge < -0.3 is 4.74 Å². The first kappa shape index (κ1) is 17.1. The zero-order valence-corrected chi connectivity index (χ0v) is 13.4. The van der Waals surface area contributed by atoms with Crippen LogP contribution in [0.1, 0.15) is 29.6 Å². The van der Waals surface area contributed by atoms with Crippen LogP contribution in [0.5, 0.6) is 0 Å². The fourth-order valence-electron chi connectivity index (χ4n) is 3.35. The molecule has 2 fully saturated rings. The van der Waals surface area contributed by atoms with Gasteiger partial charge in [0.25, 0.3) is 0 Å². The summed E-state index contributed by atoms with van der Waals surface area (Å²) in [7, 11) is 0. The molecule has 2 unspecified atom stereocenters. The van der Waals surface area contributed by atoms with E-state index < -0.39 is 5.92 Å². The van der Waals surface area contributed by atoms with Gasteiger partial charge in [-0.05, 0) is 12.8 Å². The number of hydrogen-bond donors (Lipinski definition) is 0. The molecule has 1 aromatic rings. The second kappa shape index (κ2) is 7.86. The van der Waals surface area contributed by atoms with E-state index in [1.54, 1.807) is 12.1 Å². The van der Waals surface area contributed by atoms with Gasteiger partial charge in [0, 0.05) is 18.7 Å². The summed E-state index contributed by atoms with van der Waals surface area (Å²) in [5.41, 5.74) is 0.651. The number of halogens is 1. The number of ketones is 2. The molecule has 0 N–H and O–H groups in total. The van der Waals surface area contributed by atoms with Crippen LogP contribution >= 0.6 is 12.4 Å². The molecule has 3 rings (SSSR count). The van der Waals surface area contributed by atoms with Crippen LogP contribution in [0.15, 0.2) is 30.3 Å². The predicted molar refractivity (Wildman–Crippen MR) is 86.5 cm³/mol. The SMILES string of the molecule is Cl.O=C(c1ccccc1)C1CCCC(N2CCOCC2)C1=O. The van der Waals surface area contributed by atoms with Gasteiger partial charge in [-0.3, -0.25) is 14.5 Å². The molecule has 4 nitrogen and oxygen atoms in total. The lowest BCUT2D eigenvalue weighted by Crippen LogP contribution is -2.51. The number of carbonyl (C=O) groups is 2. The number of Topliss-reactive ketones (excluding diaryl/α,β-unsaturated/α-hetero) is 2. The highest BCUT2D eigenvalue weighted by Gasteiger charge is 2.39. The Morgan fingerprint density at radius 2 is 1.77 bits per heavy atom. The molecule has 1 heterocycles. The lowest BCUT2D eigenvalue weighted by atomic mass is 9.79. The number of ether oxygens (including phenoxy) is 1. The summed E-state index contributed by atoms with van der Waals surface area (Å²) >= 11 is 0. The van der Waals surface area contributed by atoms with Crippen LogP contribution in [0, 0.1) is 5.92 Å². The third-order valence-electron chi connectivity index (χ3n) is 4.50. The minimum atomic E-state index is -0.464. The number of benzene rings is 1. The van der Waals surface area contributed by atoms with E-state index in [1.807, 2.05) is 18.2 Å². The smallest absolute Gasteiger partial charge is 0.173 e. The van der Waals surface area contributed by atoms with Crippen LogP contribution in [-0.2, 0) is 9.53 Å². The van der Waals surface area contributed by atoms with Crippen molar-refractivity contribution in [2.75, 3.05) is 26.3 Å². The van der Waals surface area contributed by atoms with E-state index in [4.69, 9.17) is 4.74 Å². The molecule has 0 bridgehead atoms. The van der Waals surface area contributed by atoms with Crippen molar-refractivity contribution in [1.82, 2.24) is 4.90 Å². The van der Waals surface area contributed by atoms with Gasteiger partial charge in [-0.25, -0.2) is 0 Å². The van der Waals surface area contributed by atoms with Crippen LogP contribution in [-0.4, -0.2) is 48.8 Å². The van der Waals surface area contributed by atoms with Crippen molar-refractivity contribution in [3.63, 3.8) is 0 Å². The van der Waals surface area contributed by atoms with Gasteiger partial charge >= 0.3 is 0 Å². The zero-order chi connectivity index (χ0) is 14.7. The van der Waals surface area contributed by atoms with Crippen LogP contribution in [0.25, 0.3) is 0 Å². The molecule has 1 aromatic carbocycles. The highest BCUT2D eigenvalue weighted by molar-refractivity contribution is 6.12. The van der Waals surface area contributed by atoms with Crippen molar-refractivity contribution in [1.29, 1.82) is 0 Å². The molecule has 0 spiro atoms. The molecule has 120 valence electrons.